The van der Waals surface area contributed by atoms with Gasteiger partial charge in [-0.05, 0) is 32.4 Å². The van der Waals surface area contributed by atoms with Gasteiger partial charge >= 0.3 is 5.97 Å². The van der Waals surface area contributed by atoms with Gasteiger partial charge in [0.05, 0.1) is 17.0 Å². The highest BCUT2D eigenvalue weighted by Gasteiger charge is 2.31. The van der Waals surface area contributed by atoms with Crippen molar-refractivity contribution < 1.29 is 22.7 Å². The largest absolute Gasteiger partial charge is 0.452 e. The van der Waals surface area contributed by atoms with Gasteiger partial charge in [0.15, 0.2) is 22.1 Å². The SMILES string of the molecule is Cc1cc(C(=O)COC(=O)c2n[nH]c3ccccc23)c(C)n1[C@@H]1CCS(=O)(=O)C1. The zero-order chi connectivity index (χ0) is 20.8. The lowest BCUT2D eigenvalue weighted by molar-refractivity contribution is 0.0470. The summed E-state index contributed by atoms with van der Waals surface area (Å²) in [6.45, 7) is 3.22. The lowest BCUT2D eigenvalue weighted by atomic mass is 10.1. The Balaban J connectivity index is 1.49. The molecule has 1 aromatic carbocycles. The molecule has 1 aliphatic rings. The summed E-state index contributed by atoms with van der Waals surface area (Å²) in [6, 6.07) is 8.71. The highest BCUT2D eigenvalue weighted by atomic mass is 32.2. The third-order valence-corrected chi connectivity index (χ3v) is 7.11. The molecule has 3 aromatic rings. The van der Waals surface area contributed by atoms with Crippen molar-refractivity contribution in [3.8, 4) is 0 Å². The zero-order valence-corrected chi connectivity index (χ0v) is 17.0. The molecular weight excluding hydrogens is 394 g/mol. The smallest absolute Gasteiger partial charge is 0.359 e. The van der Waals surface area contributed by atoms with E-state index in [9.17, 15) is 18.0 Å². The molecule has 1 N–H and O–H groups in total. The maximum absolute atomic E-state index is 12.7. The van der Waals surface area contributed by atoms with Crippen molar-refractivity contribution in [1.82, 2.24) is 14.8 Å². The van der Waals surface area contributed by atoms with Crippen LogP contribution < -0.4 is 0 Å². The van der Waals surface area contributed by atoms with E-state index in [1.165, 1.54) is 0 Å². The van der Waals surface area contributed by atoms with Gasteiger partial charge < -0.3 is 9.30 Å². The number of ketones is 1. The summed E-state index contributed by atoms with van der Waals surface area (Å²) < 4.78 is 30.7. The molecule has 0 spiro atoms. The number of carbonyl (C=O) groups excluding carboxylic acids is 2. The Morgan fingerprint density at radius 1 is 1.28 bits per heavy atom. The van der Waals surface area contributed by atoms with E-state index in [0.29, 0.717) is 28.6 Å². The van der Waals surface area contributed by atoms with Crippen LogP contribution in [-0.2, 0) is 14.6 Å². The first kappa shape index (κ1) is 19.4. The molecule has 0 unspecified atom stereocenters. The van der Waals surface area contributed by atoms with Gasteiger partial charge in [0.2, 0.25) is 5.78 Å². The quantitative estimate of drug-likeness (QED) is 0.506. The van der Waals surface area contributed by atoms with Crippen molar-refractivity contribution in [2.75, 3.05) is 18.1 Å². The Bertz CT molecular complexity index is 1220. The number of hydrogen-bond acceptors (Lipinski definition) is 6. The van der Waals surface area contributed by atoms with Crippen LogP contribution in [0.25, 0.3) is 10.9 Å². The Morgan fingerprint density at radius 3 is 2.76 bits per heavy atom. The predicted octanol–water partition coefficient (Wildman–Crippen LogP) is 2.38. The minimum absolute atomic E-state index is 0.0816. The van der Waals surface area contributed by atoms with Crippen LogP contribution >= 0.6 is 0 Å². The number of fused-ring (bicyclic) bond motifs is 1. The summed E-state index contributed by atoms with van der Waals surface area (Å²) >= 11 is 0. The minimum Gasteiger partial charge on any atom is -0.452 e. The average molecular weight is 415 g/mol. The topological polar surface area (TPSA) is 111 Å². The van der Waals surface area contributed by atoms with E-state index in [-0.39, 0.29) is 29.0 Å². The number of esters is 1. The molecular formula is C20H21N3O5S. The van der Waals surface area contributed by atoms with E-state index >= 15 is 0 Å². The number of nitrogens with one attached hydrogen (secondary N) is 1. The fourth-order valence-electron chi connectivity index (χ4n) is 4.00. The van der Waals surface area contributed by atoms with Gasteiger partial charge in [0.1, 0.15) is 0 Å². The Hall–Kier alpha value is -2.94. The van der Waals surface area contributed by atoms with Gasteiger partial charge in [-0.3, -0.25) is 9.89 Å². The summed E-state index contributed by atoms with van der Waals surface area (Å²) in [5.74, 6) is -0.768. The second-order valence-corrected chi connectivity index (χ2v) is 9.56. The first-order valence-electron chi connectivity index (χ1n) is 9.29. The van der Waals surface area contributed by atoms with E-state index in [4.69, 9.17) is 4.74 Å². The Labute approximate surface area is 167 Å². The first-order chi connectivity index (χ1) is 13.8. The molecule has 1 fully saturated rings. The number of nitrogens with zero attached hydrogens (tertiary/aromatic N) is 2. The van der Waals surface area contributed by atoms with Crippen molar-refractivity contribution in [3.63, 3.8) is 0 Å². The number of sulfone groups is 1. The molecule has 1 atom stereocenters. The predicted molar refractivity (Wildman–Crippen MR) is 107 cm³/mol. The van der Waals surface area contributed by atoms with Crippen molar-refractivity contribution >= 4 is 32.5 Å². The van der Waals surface area contributed by atoms with Gasteiger partial charge in [-0.25, -0.2) is 13.2 Å². The van der Waals surface area contributed by atoms with Gasteiger partial charge in [-0.1, -0.05) is 18.2 Å². The number of carbonyl (C=O) groups is 2. The van der Waals surface area contributed by atoms with E-state index in [1.54, 1.807) is 31.2 Å². The number of Topliss-reactive ketones (excluding diaryl/α,β-unsaturated/α-hetero) is 1. The fourth-order valence-corrected chi connectivity index (χ4v) is 5.70. The maximum Gasteiger partial charge on any atom is 0.359 e. The molecule has 152 valence electrons. The summed E-state index contributed by atoms with van der Waals surface area (Å²) in [7, 11) is -3.04. The molecule has 9 heteroatoms. The van der Waals surface area contributed by atoms with Gasteiger partial charge in [-0.15, -0.1) is 0 Å². The van der Waals surface area contributed by atoms with Crippen molar-refractivity contribution in [3.05, 3.63) is 53.0 Å². The standard InChI is InChI=1S/C20H21N3O5S/c1-12-9-16(13(2)23(12)14-7-8-29(26,27)11-14)18(24)10-28-20(25)19-15-5-3-4-6-17(15)21-22-19/h3-6,9,14H,7-8,10-11H2,1-2H3,(H,21,22)/t14-/m1/s1. The number of hydrogen-bond donors (Lipinski definition) is 1. The second-order valence-electron chi connectivity index (χ2n) is 7.33. The van der Waals surface area contributed by atoms with Crippen LogP contribution in [0.5, 0.6) is 0 Å². The zero-order valence-electron chi connectivity index (χ0n) is 16.1. The number of ether oxygens (including phenoxy) is 1. The monoisotopic (exact) mass is 415 g/mol. The molecule has 1 saturated heterocycles. The molecule has 0 radical (unpaired) electrons. The molecule has 0 amide bonds. The normalized spacial score (nSPS) is 18.2. The van der Waals surface area contributed by atoms with Crippen LogP contribution in [-0.4, -0.2) is 53.0 Å². The summed E-state index contributed by atoms with van der Waals surface area (Å²) in [5, 5.41) is 7.36. The van der Waals surface area contributed by atoms with E-state index < -0.39 is 22.4 Å². The number of para-hydroxylation sites is 1. The summed E-state index contributed by atoms with van der Waals surface area (Å²) in [4.78, 5) is 25.0. The third kappa shape index (κ3) is 3.57. The van der Waals surface area contributed by atoms with Gasteiger partial charge in [0, 0.05) is 28.4 Å². The Morgan fingerprint density at radius 2 is 2.03 bits per heavy atom. The number of rotatable bonds is 5. The number of H-pyrrole nitrogens is 1. The average Bonchev–Trinajstić information content (AvgIpc) is 3.34. The lowest BCUT2D eigenvalue weighted by Gasteiger charge is -2.16. The highest BCUT2D eigenvalue weighted by Crippen LogP contribution is 2.29. The fraction of sp³-hybridized carbons (Fsp3) is 0.350. The molecule has 8 nitrogen and oxygen atoms in total. The molecule has 3 heterocycles. The second kappa shape index (κ2) is 7.14. The molecule has 1 aliphatic heterocycles. The molecule has 0 aliphatic carbocycles. The van der Waals surface area contributed by atoms with Crippen LogP contribution in [0, 0.1) is 13.8 Å². The van der Waals surface area contributed by atoms with E-state index in [0.717, 1.165) is 5.69 Å². The van der Waals surface area contributed by atoms with Crippen molar-refractivity contribution in [1.29, 1.82) is 0 Å². The molecule has 2 aromatic heterocycles. The maximum atomic E-state index is 12.7. The first-order valence-corrected chi connectivity index (χ1v) is 11.1. The van der Waals surface area contributed by atoms with Crippen LogP contribution in [0.1, 0.15) is 44.7 Å². The molecule has 0 saturated carbocycles. The van der Waals surface area contributed by atoms with Gasteiger partial charge in [-0.2, -0.15) is 5.10 Å². The number of aromatic nitrogens is 3. The highest BCUT2D eigenvalue weighted by molar-refractivity contribution is 7.91. The van der Waals surface area contributed by atoms with Crippen LogP contribution in [0.2, 0.25) is 0 Å². The van der Waals surface area contributed by atoms with Crippen molar-refractivity contribution in [2.45, 2.75) is 26.3 Å². The third-order valence-electron chi connectivity index (χ3n) is 5.36. The van der Waals surface area contributed by atoms with Crippen LogP contribution in [0.4, 0.5) is 0 Å². The Kier molecular flexibility index (Phi) is 4.77. The summed E-state index contributed by atoms with van der Waals surface area (Å²) in [6.07, 6.45) is 0.535. The number of aryl methyl sites for hydroxylation is 1. The van der Waals surface area contributed by atoms with E-state index in [2.05, 4.69) is 10.2 Å². The minimum atomic E-state index is -3.04. The molecule has 29 heavy (non-hydrogen) atoms. The summed E-state index contributed by atoms with van der Waals surface area (Å²) in [5.41, 5.74) is 2.79. The van der Waals surface area contributed by atoms with Crippen molar-refractivity contribution in [2.24, 2.45) is 0 Å². The number of aromatic amines is 1. The lowest BCUT2D eigenvalue weighted by Crippen LogP contribution is -2.17. The van der Waals surface area contributed by atoms with E-state index in [1.807, 2.05) is 17.6 Å². The number of benzene rings is 1. The molecule has 4 rings (SSSR count). The van der Waals surface area contributed by atoms with Crippen LogP contribution in [0.3, 0.4) is 0 Å². The van der Waals surface area contributed by atoms with Crippen LogP contribution in [0.15, 0.2) is 30.3 Å². The molecule has 0 bridgehead atoms. The van der Waals surface area contributed by atoms with Gasteiger partial charge in [0.25, 0.3) is 0 Å².